The van der Waals surface area contributed by atoms with Crippen LogP contribution >= 0.6 is 0 Å². The first kappa shape index (κ1) is 11.9. The monoisotopic (exact) mass is 270 g/mol. The Balaban J connectivity index is 1.33. The van der Waals surface area contributed by atoms with E-state index in [1.807, 2.05) is 28.8 Å². The van der Waals surface area contributed by atoms with Gasteiger partial charge in [0.1, 0.15) is 5.82 Å². The van der Waals surface area contributed by atoms with Gasteiger partial charge in [-0.25, -0.2) is 0 Å². The number of carbonyl (C=O) groups is 1. The van der Waals surface area contributed by atoms with E-state index in [1.165, 1.54) is 6.42 Å². The maximum Gasteiger partial charge on any atom is 0.223 e. The van der Waals surface area contributed by atoms with Crippen molar-refractivity contribution in [2.45, 2.75) is 25.7 Å². The molecule has 1 N–H and O–H groups in total. The van der Waals surface area contributed by atoms with E-state index in [4.69, 9.17) is 0 Å². The molecule has 2 aliphatic rings. The molecule has 0 aliphatic heterocycles. The molecule has 5 nitrogen and oxygen atoms in total. The van der Waals surface area contributed by atoms with Crippen molar-refractivity contribution in [2.75, 3.05) is 6.54 Å². The summed E-state index contributed by atoms with van der Waals surface area (Å²) >= 11 is 0. The molecule has 4 rings (SSSR count). The van der Waals surface area contributed by atoms with Crippen LogP contribution in [0.2, 0.25) is 0 Å². The standard InChI is InChI=1S/C15H18N4O/c20-15(12-8-10-7-11(10)9-12)16-5-4-14-18-17-13-3-1-2-6-19(13)14/h1-3,6,10-12H,4-5,7-9H2,(H,16,20). The van der Waals surface area contributed by atoms with Gasteiger partial charge in [-0.3, -0.25) is 9.20 Å². The molecular formula is C15H18N4O. The van der Waals surface area contributed by atoms with Gasteiger partial charge in [-0.1, -0.05) is 6.07 Å². The smallest absolute Gasteiger partial charge is 0.223 e. The van der Waals surface area contributed by atoms with Crippen LogP contribution in [0.3, 0.4) is 0 Å². The summed E-state index contributed by atoms with van der Waals surface area (Å²) in [4.78, 5) is 12.0. The Kier molecular flexibility index (Phi) is 2.72. The average Bonchev–Trinajstić information content (AvgIpc) is 2.90. The number of fused-ring (bicyclic) bond motifs is 2. The molecule has 5 heteroatoms. The van der Waals surface area contributed by atoms with Gasteiger partial charge in [0.05, 0.1) is 0 Å². The quantitative estimate of drug-likeness (QED) is 0.914. The molecule has 1 amide bonds. The van der Waals surface area contributed by atoms with E-state index in [9.17, 15) is 4.79 Å². The van der Waals surface area contributed by atoms with Crippen molar-refractivity contribution >= 4 is 11.6 Å². The lowest BCUT2D eigenvalue weighted by atomic mass is 10.0. The Morgan fingerprint density at radius 1 is 1.25 bits per heavy atom. The third-order valence-corrected chi connectivity index (χ3v) is 4.65. The Morgan fingerprint density at radius 3 is 2.95 bits per heavy atom. The van der Waals surface area contributed by atoms with Gasteiger partial charge in [-0.05, 0) is 43.2 Å². The molecular weight excluding hydrogens is 252 g/mol. The maximum absolute atomic E-state index is 12.0. The fourth-order valence-corrected chi connectivity index (χ4v) is 3.43. The van der Waals surface area contributed by atoms with E-state index >= 15 is 0 Å². The van der Waals surface area contributed by atoms with Crippen LogP contribution in [-0.2, 0) is 11.2 Å². The zero-order valence-electron chi connectivity index (χ0n) is 11.3. The van der Waals surface area contributed by atoms with Gasteiger partial charge < -0.3 is 5.32 Å². The van der Waals surface area contributed by atoms with Crippen LogP contribution in [0.1, 0.15) is 25.1 Å². The summed E-state index contributed by atoms with van der Waals surface area (Å²) in [7, 11) is 0. The largest absolute Gasteiger partial charge is 0.355 e. The molecule has 0 spiro atoms. The van der Waals surface area contributed by atoms with Crippen molar-refractivity contribution in [3.63, 3.8) is 0 Å². The maximum atomic E-state index is 12.0. The summed E-state index contributed by atoms with van der Waals surface area (Å²) in [5.41, 5.74) is 0.852. The number of carbonyl (C=O) groups excluding carboxylic acids is 1. The number of amides is 1. The van der Waals surface area contributed by atoms with Crippen LogP contribution in [0.25, 0.3) is 5.65 Å². The molecule has 2 atom stereocenters. The molecule has 0 radical (unpaired) electrons. The van der Waals surface area contributed by atoms with Gasteiger partial charge >= 0.3 is 0 Å². The number of nitrogens with zero attached hydrogens (tertiary/aromatic N) is 3. The summed E-state index contributed by atoms with van der Waals surface area (Å²) in [6, 6.07) is 5.84. The average molecular weight is 270 g/mol. The van der Waals surface area contributed by atoms with E-state index in [2.05, 4.69) is 15.5 Å². The molecule has 0 aromatic carbocycles. The van der Waals surface area contributed by atoms with Crippen LogP contribution in [0.15, 0.2) is 24.4 Å². The second-order valence-corrected chi connectivity index (χ2v) is 6.01. The number of hydrogen-bond acceptors (Lipinski definition) is 3. The SMILES string of the molecule is O=C(NCCc1nnc2ccccn12)C1CC2CC2C1. The highest BCUT2D eigenvalue weighted by molar-refractivity contribution is 5.79. The van der Waals surface area contributed by atoms with Gasteiger partial charge in [0.25, 0.3) is 0 Å². The minimum atomic E-state index is 0.228. The lowest BCUT2D eigenvalue weighted by Gasteiger charge is -2.11. The van der Waals surface area contributed by atoms with Crippen molar-refractivity contribution in [1.29, 1.82) is 0 Å². The number of hydrogen-bond donors (Lipinski definition) is 1. The zero-order chi connectivity index (χ0) is 13.5. The second kappa shape index (κ2) is 4.58. The molecule has 2 fully saturated rings. The Hall–Kier alpha value is -1.91. The van der Waals surface area contributed by atoms with Gasteiger partial charge in [0.2, 0.25) is 5.91 Å². The number of nitrogens with one attached hydrogen (secondary N) is 1. The number of pyridine rings is 1. The third-order valence-electron chi connectivity index (χ3n) is 4.65. The highest BCUT2D eigenvalue weighted by Gasteiger charge is 2.47. The molecule has 0 bridgehead atoms. The van der Waals surface area contributed by atoms with E-state index < -0.39 is 0 Å². The molecule has 0 saturated heterocycles. The predicted molar refractivity (Wildman–Crippen MR) is 74.0 cm³/mol. The fourth-order valence-electron chi connectivity index (χ4n) is 3.43. The Labute approximate surface area is 117 Å². The normalized spacial score (nSPS) is 27.5. The lowest BCUT2D eigenvalue weighted by Crippen LogP contribution is -2.31. The van der Waals surface area contributed by atoms with Crippen molar-refractivity contribution < 1.29 is 4.79 Å². The highest BCUT2D eigenvalue weighted by atomic mass is 16.1. The fraction of sp³-hybridized carbons (Fsp3) is 0.533. The van der Waals surface area contributed by atoms with Crippen molar-refractivity contribution in [1.82, 2.24) is 19.9 Å². The molecule has 20 heavy (non-hydrogen) atoms. The molecule has 2 aromatic rings. The van der Waals surface area contributed by atoms with Gasteiger partial charge in [-0.2, -0.15) is 0 Å². The van der Waals surface area contributed by atoms with Gasteiger partial charge in [-0.15, -0.1) is 10.2 Å². The molecule has 2 unspecified atom stereocenters. The molecule has 2 aliphatic carbocycles. The molecule has 2 heterocycles. The van der Waals surface area contributed by atoms with E-state index in [0.717, 1.165) is 42.6 Å². The van der Waals surface area contributed by atoms with E-state index in [-0.39, 0.29) is 11.8 Å². The zero-order valence-corrected chi connectivity index (χ0v) is 11.3. The summed E-state index contributed by atoms with van der Waals surface area (Å²) in [6.07, 6.45) is 6.23. The van der Waals surface area contributed by atoms with E-state index in [1.54, 1.807) is 0 Å². The predicted octanol–water partition coefficient (Wildman–Crippen LogP) is 1.43. The number of aromatic nitrogens is 3. The first-order valence-corrected chi connectivity index (χ1v) is 7.37. The first-order valence-electron chi connectivity index (χ1n) is 7.37. The van der Waals surface area contributed by atoms with Crippen LogP contribution in [0, 0.1) is 17.8 Å². The van der Waals surface area contributed by atoms with Crippen molar-refractivity contribution in [3.8, 4) is 0 Å². The van der Waals surface area contributed by atoms with Crippen molar-refractivity contribution in [2.24, 2.45) is 17.8 Å². The number of rotatable bonds is 4. The minimum Gasteiger partial charge on any atom is -0.355 e. The summed E-state index contributed by atoms with van der Waals surface area (Å²) in [5.74, 6) is 3.09. The Morgan fingerprint density at radius 2 is 2.10 bits per heavy atom. The highest BCUT2D eigenvalue weighted by Crippen LogP contribution is 2.54. The first-order chi connectivity index (χ1) is 9.81. The summed E-state index contributed by atoms with van der Waals surface area (Å²) in [5, 5.41) is 11.3. The van der Waals surface area contributed by atoms with Crippen LogP contribution in [0.5, 0.6) is 0 Å². The van der Waals surface area contributed by atoms with Crippen molar-refractivity contribution in [3.05, 3.63) is 30.2 Å². The topological polar surface area (TPSA) is 59.3 Å². The summed E-state index contributed by atoms with van der Waals surface area (Å²) in [6.45, 7) is 0.639. The Bertz CT molecular complexity index is 640. The van der Waals surface area contributed by atoms with Gasteiger partial charge in [0.15, 0.2) is 5.65 Å². The van der Waals surface area contributed by atoms with Crippen LogP contribution in [-0.4, -0.2) is 27.0 Å². The second-order valence-electron chi connectivity index (χ2n) is 6.01. The lowest BCUT2D eigenvalue weighted by molar-refractivity contribution is -0.125. The molecule has 2 aromatic heterocycles. The van der Waals surface area contributed by atoms with Crippen LogP contribution < -0.4 is 5.32 Å². The minimum absolute atomic E-state index is 0.228. The molecule has 2 saturated carbocycles. The third kappa shape index (κ3) is 2.07. The van der Waals surface area contributed by atoms with E-state index in [0.29, 0.717) is 6.54 Å². The van der Waals surface area contributed by atoms with Crippen LogP contribution in [0.4, 0.5) is 0 Å². The van der Waals surface area contributed by atoms with Gasteiger partial charge in [0, 0.05) is 25.1 Å². The molecule has 104 valence electrons. The summed E-state index contributed by atoms with van der Waals surface area (Å²) < 4.78 is 1.97.